The molecule has 2 aromatic rings. The fourth-order valence-electron chi connectivity index (χ4n) is 2.68. The van der Waals surface area contributed by atoms with Crippen molar-refractivity contribution in [2.75, 3.05) is 11.9 Å². The van der Waals surface area contributed by atoms with E-state index in [0.29, 0.717) is 12.0 Å². The van der Waals surface area contributed by atoms with Crippen molar-refractivity contribution < 1.29 is 4.79 Å². The van der Waals surface area contributed by atoms with E-state index in [9.17, 15) is 4.79 Å². The molecule has 6 nitrogen and oxygen atoms in total. The van der Waals surface area contributed by atoms with E-state index in [1.807, 2.05) is 30.3 Å². The SMILES string of the molecule is C[C@H]1C[C@@H](C(=O)Nc2nncn2-c2ccccc2)CCN1.Cl. The fourth-order valence-corrected chi connectivity index (χ4v) is 2.68. The molecule has 0 bridgehead atoms. The number of rotatable bonds is 3. The van der Waals surface area contributed by atoms with Gasteiger partial charge in [-0.05, 0) is 38.4 Å². The second-order valence-corrected chi connectivity index (χ2v) is 5.43. The third-order valence-corrected chi connectivity index (χ3v) is 3.81. The van der Waals surface area contributed by atoms with Gasteiger partial charge in [-0.1, -0.05) is 18.2 Å². The quantitative estimate of drug-likeness (QED) is 0.907. The summed E-state index contributed by atoms with van der Waals surface area (Å²) in [5, 5.41) is 14.2. The summed E-state index contributed by atoms with van der Waals surface area (Å²) in [5.41, 5.74) is 0.927. The minimum atomic E-state index is 0. The molecule has 3 rings (SSSR count). The molecule has 1 saturated heterocycles. The first kappa shape index (κ1) is 16.5. The lowest BCUT2D eigenvalue weighted by atomic mass is 9.92. The van der Waals surface area contributed by atoms with Gasteiger partial charge in [-0.2, -0.15) is 0 Å². The van der Waals surface area contributed by atoms with Crippen molar-refractivity contribution in [3.8, 4) is 5.69 Å². The molecular formula is C15H20ClN5O. The van der Waals surface area contributed by atoms with Crippen LogP contribution in [-0.4, -0.2) is 33.3 Å². The van der Waals surface area contributed by atoms with E-state index in [2.05, 4.69) is 27.8 Å². The van der Waals surface area contributed by atoms with Crippen LogP contribution in [0.25, 0.3) is 5.69 Å². The molecule has 7 heteroatoms. The predicted molar refractivity (Wildman–Crippen MR) is 87.4 cm³/mol. The second-order valence-electron chi connectivity index (χ2n) is 5.43. The lowest BCUT2D eigenvalue weighted by Crippen LogP contribution is -2.40. The van der Waals surface area contributed by atoms with Crippen molar-refractivity contribution in [2.45, 2.75) is 25.8 Å². The van der Waals surface area contributed by atoms with E-state index in [-0.39, 0.29) is 24.2 Å². The maximum atomic E-state index is 12.4. The molecule has 2 heterocycles. The zero-order valence-corrected chi connectivity index (χ0v) is 13.2. The number of carbonyl (C=O) groups excluding carboxylic acids is 1. The number of anilines is 1. The number of piperidine rings is 1. The van der Waals surface area contributed by atoms with Gasteiger partial charge in [0, 0.05) is 12.0 Å². The van der Waals surface area contributed by atoms with Gasteiger partial charge in [-0.3, -0.25) is 14.7 Å². The van der Waals surface area contributed by atoms with Crippen molar-refractivity contribution in [2.24, 2.45) is 5.92 Å². The first-order valence-corrected chi connectivity index (χ1v) is 7.24. The van der Waals surface area contributed by atoms with Gasteiger partial charge in [-0.25, -0.2) is 0 Å². The highest BCUT2D eigenvalue weighted by Gasteiger charge is 2.25. The summed E-state index contributed by atoms with van der Waals surface area (Å²) in [6.07, 6.45) is 3.32. The van der Waals surface area contributed by atoms with Crippen LogP contribution in [0.4, 0.5) is 5.95 Å². The number of nitrogens with zero attached hydrogens (tertiary/aromatic N) is 3. The minimum Gasteiger partial charge on any atom is -0.314 e. The van der Waals surface area contributed by atoms with Crippen LogP contribution >= 0.6 is 12.4 Å². The molecule has 1 aromatic carbocycles. The normalized spacial score (nSPS) is 21.0. The molecule has 1 amide bonds. The van der Waals surface area contributed by atoms with Crippen LogP contribution in [0.5, 0.6) is 0 Å². The van der Waals surface area contributed by atoms with E-state index in [4.69, 9.17) is 0 Å². The highest BCUT2D eigenvalue weighted by molar-refractivity contribution is 5.91. The fraction of sp³-hybridized carbons (Fsp3) is 0.400. The Morgan fingerprint density at radius 1 is 1.36 bits per heavy atom. The molecule has 1 aromatic heterocycles. The largest absolute Gasteiger partial charge is 0.314 e. The van der Waals surface area contributed by atoms with Crippen LogP contribution in [0, 0.1) is 5.92 Å². The van der Waals surface area contributed by atoms with Crippen molar-refractivity contribution in [1.29, 1.82) is 0 Å². The van der Waals surface area contributed by atoms with Crippen molar-refractivity contribution in [1.82, 2.24) is 20.1 Å². The number of halogens is 1. The van der Waals surface area contributed by atoms with Crippen molar-refractivity contribution in [3.05, 3.63) is 36.7 Å². The first-order valence-electron chi connectivity index (χ1n) is 7.24. The summed E-state index contributed by atoms with van der Waals surface area (Å²) in [5.74, 6) is 0.521. The van der Waals surface area contributed by atoms with Gasteiger partial charge in [0.15, 0.2) is 0 Å². The Hall–Kier alpha value is -1.92. The topological polar surface area (TPSA) is 71.8 Å². The maximum Gasteiger partial charge on any atom is 0.235 e. The number of benzene rings is 1. The molecular weight excluding hydrogens is 302 g/mol. The molecule has 0 radical (unpaired) electrons. The van der Waals surface area contributed by atoms with Crippen molar-refractivity contribution >= 4 is 24.3 Å². The number of carbonyl (C=O) groups is 1. The molecule has 0 unspecified atom stereocenters. The van der Waals surface area contributed by atoms with E-state index in [0.717, 1.165) is 25.1 Å². The standard InChI is InChI=1S/C15H19N5O.ClH/c1-11-9-12(7-8-16-11)14(21)18-15-19-17-10-20(15)13-5-3-2-4-6-13;/h2-6,10-12,16H,7-9H2,1H3,(H,18,19,21);1H/t11-,12-;/m0./s1. The van der Waals surface area contributed by atoms with Gasteiger partial charge in [0.05, 0.1) is 5.69 Å². The van der Waals surface area contributed by atoms with Crippen LogP contribution in [0.3, 0.4) is 0 Å². The Balaban J connectivity index is 0.00000176. The van der Waals surface area contributed by atoms with Crippen LogP contribution < -0.4 is 10.6 Å². The highest BCUT2D eigenvalue weighted by Crippen LogP contribution is 2.19. The summed E-state index contributed by atoms with van der Waals surface area (Å²) >= 11 is 0. The summed E-state index contributed by atoms with van der Waals surface area (Å²) in [4.78, 5) is 12.4. The van der Waals surface area contributed by atoms with E-state index in [1.54, 1.807) is 10.9 Å². The number of para-hydroxylation sites is 1. The summed E-state index contributed by atoms with van der Waals surface area (Å²) in [6.45, 7) is 2.98. The molecule has 1 aliphatic rings. The average Bonchev–Trinajstić information content (AvgIpc) is 2.96. The van der Waals surface area contributed by atoms with Gasteiger partial charge in [-0.15, -0.1) is 22.6 Å². The number of nitrogens with one attached hydrogen (secondary N) is 2. The zero-order chi connectivity index (χ0) is 14.7. The molecule has 1 aliphatic heterocycles. The maximum absolute atomic E-state index is 12.4. The minimum absolute atomic E-state index is 0. The molecule has 0 aliphatic carbocycles. The second kappa shape index (κ2) is 7.38. The summed E-state index contributed by atoms with van der Waals surface area (Å²) < 4.78 is 1.78. The van der Waals surface area contributed by atoms with Gasteiger partial charge >= 0.3 is 0 Å². The highest BCUT2D eigenvalue weighted by atomic mass is 35.5. The van der Waals surface area contributed by atoms with Crippen LogP contribution in [-0.2, 0) is 4.79 Å². The molecule has 22 heavy (non-hydrogen) atoms. The number of aromatic nitrogens is 3. The predicted octanol–water partition coefficient (Wildman–Crippen LogP) is 2.02. The number of hydrogen-bond donors (Lipinski definition) is 2. The Bertz CT molecular complexity index is 615. The van der Waals surface area contributed by atoms with Crippen LogP contribution in [0.2, 0.25) is 0 Å². The van der Waals surface area contributed by atoms with Gasteiger partial charge in [0.1, 0.15) is 6.33 Å². The van der Waals surface area contributed by atoms with Crippen LogP contribution in [0.1, 0.15) is 19.8 Å². The average molecular weight is 322 g/mol. The zero-order valence-electron chi connectivity index (χ0n) is 12.4. The summed E-state index contributed by atoms with van der Waals surface area (Å²) in [6, 6.07) is 10.1. The molecule has 2 N–H and O–H groups in total. The van der Waals surface area contributed by atoms with Crippen molar-refractivity contribution in [3.63, 3.8) is 0 Å². The molecule has 0 saturated carbocycles. The third-order valence-electron chi connectivity index (χ3n) is 3.81. The smallest absolute Gasteiger partial charge is 0.235 e. The lowest BCUT2D eigenvalue weighted by molar-refractivity contribution is -0.120. The van der Waals surface area contributed by atoms with E-state index >= 15 is 0 Å². The molecule has 2 atom stereocenters. The molecule has 118 valence electrons. The molecule has 1 fully saturated rings. The number of amides is 1. The van der Waals surface area contributed by atoms with Crippen LogP contribution in [0.15, 0.2) is 36.7 Å². The third kappa shape index (κ3) is 3.64. The monoisotopic (exact) mass is 321 g/mol. The summed E-state index contributed by atoms with van der Waals surface area (Å²) in [7, 11) is 0. The first-order chi connectivity index (χ1) is 10.2. The molecule has 0 spiro atoms. The van der Waals surface area contributed by atoms with E-state index in [1.165, 1.54) is 0 Å². The Labute approximate surface area is 135 Å². The Kier molecular flexibility index (Phi) is 5.51. The van der Waals surface area contributed by atoms with Gasteiger partial charge < -0.3 is 5.32 Å². The Morgan fingerprint density at radius 2 is 2.14 bits per heavy atom. The Morgan fingerprint density at radius 3 is 2.86 bits per heavy atom. The van der Waals surface area contributed by atoms with E-state index < -0.39 is 0 Å². The van der Waals surface area contributed by atoms with Gasteiger partial charge in [0.2, 0.25) is 11.9 Å². The lowest BCUT2D eigenvalue weighted by Gasteiger charge is -2.26. The number of hydrogen-bond acceptors (Lipinski definition) is 4. The van der Waals surface area contributed by atoms with Gasteiger partial charge in [0.25, 0.3) is 0 Å².